The minimum Gasteiger partial charge on any atom is -0.586 e. The molecule has 0 spiro atoms. The van der Waals surface area contributed by atoms with Crippen molar-refractivity contribution >= 4 is 40.9 Å². The highest BCUT2D eigenvalue weighted by Crippen LogP contribution is 2.38. The van der Waals surface area contributed by atoms with Crippen molar-refractivity contribution in [1.29, 1.82) is 0 Å². The van der Waals surface area contributed by atoms with E-state index in [0.717, 1.165) is 11.9 Å². The predicted octanol–water partition coefficient (Wildman–Crippen LogP) is 2.54. The van der Waals surface area contributed by atoms with Crippen molar-refractivity contribution in [3.63, 3.8) is 0 Å². The van der Waals surface area contributed by atoms with Gasteiger partial charge in [0.1, 0.15) is 30.4 Å². The summed E-state index contributed by atoms with van der Waals surface area (Å²) >= 11 is 5.74. The number of cyclic esters (lactones) is 1. The summed E-state index contributed by atoms with van der Waals surface area (Å²) in [5, 5.41) is 23.9. The largest absolute Gasteiger partial charge is 0.586 e. The van der Waals surface area contributed by atoms with E-state index in [-0.39, 0.29) is 18.6 Å². The number of carbonyl (C=O) groups is 1. The van der Waals surface area contributed by atoms with Gasteiger partial charge in [-0.1, -0.05) is 18.3 Å². The molecule has 2 aliphatic rings. The molecular formula is C15H18FN3O4S2. The maximum atomic E-state index is 14.5. The summed E-state index contributed by atoms with van der Waals surface area (Å²) in [6, 6.07) is 4.44. The molecule has 0 aliphatic carbocycles. The summed E-state index contributed by atoms with van der Waals surface area (Å²) in [5.74, 6) is -0.532. The van der Waals surface area contributed by atoms with Crippen LogP contribution in [0.1, 0.15) is 18.4 Å². The zero-order valence-corrected chi connectivity index (χ0v) is 15.1. The summed E-state index contributed by atoms with van der Waals surface area (Å²) in [4.78, 5) is 14.0. The third kappa shape index (κ3) is 4.21. The molecule has 7 nitrogen and oxygen atoms in total. The molecule has 1 aromatic rings. The number of quaternary nitrogens is 1. The topological polar surface area (TPSA) is 84.9 Å². The third-order valence-corrected chi connectivity index (χ3v) is 5.37. The number of ether oxygens (including phenoxy) is 1. The summed E-state index contributed by atoms with van der Waals surface area (Å²) in [7, 11) is 0. The molecule has 2 fully saturated rings. The minimum atomic E-state index is -1.42. The van der Waals surface area contributed by atoms with Gasteiger partial charge in [-0.3, -0.25) is 4.90 Å². The van der Waals surface area contributed by atoms with Gasteiger partial charge in [0.25, 0.3) is 0 Å². The molecule has 2 heterocycles. The van der Waals surface area contributed by atoms with Crippen LogP contribution < -0.4 is 10.2 Å². The van der Waals surface area contributed by atoms with Crippen LogP contribution in [0.2, 0.25) is 0 Å². The Morgan fingerprint density at radius 1 is 1.64 bits per heavy atom. The number of amides is 1. The molecule has 0 aromatic heterocycles. The van der Waals surface area contributed by atoms with E-state index in [4.69, 9.17) is 17.0 Å². The Hall–Kier alpha value is -1.46. The number of hydrogen-bond donors (Lipinski definition) is 2. The predicted molar refractivity (Wildman–Crippen MR) is 95.8 cm³/mol. The molecule has 0 saturated carbocycles. The lowest BCUT2D eigenvalue weighted by Crippen LogP contribution is -2.32. The summed E-state index contributed by atoms with van der Waals surface area (Å²) in [6.45, 7) is 2.33. The third-order valence-electron chi connectivity index (χ3n) is 4.12. The minimum absolute atomic E-state index is 0.0998. The Kier molecular flexibility index (Phi) is 5.16. The molecule has 25 heavy (non-hydrogen) atoms. The van der Waals surface area contributed by atoms with Crippen molar-refractivity contribution < 1.29 is 23.3 Å². The zero-order valence-electron chi connectivity index (χ0n) is 13.5. The molecule has 1 aromatic carbocycles. The first-order chi connectivity index (χ1) is 11.7. The van der Waals surface area contributed by atoms with E-state index in [0.29, 0.717) is 35.1 Å². The molecule has 3 atom stereocenters. The molecule has 136 valence electrons. The number of hydrogen-bond acceptors (Lipinski definition) is 6. The molecule has 2 aliphatic heterocycles. The van der Waals surface area contributed by atoms with Crippen LogP contribution in [-0.2, 0) is 4.74 Å². The number of anilines is 1. The van der Waals surface area contributed by atoms with Gasteiger partial charge in [-0.15, -0.1) is 0 Å². The summed E-state index contributed by atoms with van der Waals surface area (Å²) in [5.41, 5.74) is 0.758. The Morgan fingerprint density at radius 3 is 3.00 bits per heavy atom. The number of nitrogens with one attached hydrogen (secondary N) is 1. The highest BCUT2D eigenvalue weighted by atomic mass is 32.2. The van der Waals surface area contributed by atoms with Crippen LogP contribution >= 0.6 is 24.2 Å². The first-order valence-electron chi connectivity index (χ1n) is 7.73. The van der Waals surface area contributed by atoms with Gasteiger partial charge in [0.2, 0.25) is 0 Å². The number of hydroxylamine groups is 2. The highest BCUT2D eigenvalue weighted by molar-refractivity contribution is 7.94. The zero-order chi connectivity index (χ0) is 18.2. The van der Waals surface area contributed by atoms with E-state index < -0.39 is 16.1 Å². The lowest BCUT2D eigenvalue weighted by molar-refractivity contribution is -0.947. The Balaban J connectivity index is 1.70. The van der Waals surface area contributed by atoms with Crippen molar-refractivity contribution in [1.82, 2.24) is 5.32 Å². The Morgan fingerprint density at radius 2 is 2.40 bits per heavy atom. The molecule has 2 saturated heterocycles. The van der Waals surface area contributed by atoms with Gasteiger partial charge in [0, 0.05) is 0 Å². The van der Waals surface area contributed by atoms with Crippen molar-refractivity contribution in [3.8, 4) is 0 Å². The van der Waals surface area contributed by atoms with Gasteiger partial charge in [-0.05, 0) is 24.6 Å². The Labute approximate surface area is 154 Å². The van der Waals surface area contributed by atoms with Gasteiger partial charge in [-0.25, -0.2) is 14.4 Å². The van der Waals surface area contributed by atoms with Crippen LogP contribution in [0.5, 0.6) is 0 Å². The van der Waals surface area contributed by atoms with Gasteiger partial charge in [-0.2, -0.15) is 4.21 Å². The average molecular weight is 387 g/mol. The van der Waals surface area contributed by atoms with Gasteiger partial charge >= 0.3 is 6.09 Å². The van der Waals surface area contributed by atoms with Crippen molar-refractivity contribution in [2.75, 3.05) is 30.3 Å². The number of nitrogens with zero attached hydrogens (tertiary/aromatic N) is 2. The summed E-state index contributed by atoms with van der Waals surface area (Å²) in [6.07, 6.45) is -0.907. The lowest BCUT2D eigenvalue weighted by Gasteiger charge is -2.25. The number of rotatable bonds is 4. The van der Waals surface area contributed by atoms with E-state index in [1.54, 1.807) is 19.1 Å². The quantitative estimate of drug-likeness (QED) is 0.355. The average Bonchev–Trinajstić information content (AvgIpc) is 3.07. The fourth-order valence-corrected chi connectivity index (χ4v) is 3.96. The normalized spacial score (nSPS) is 29.0. The van der Waals surface area contributed by atoms with Gasteiger partial charge in [0.05, 0.1) is 35.4 Å². The monoisotopic (exact) mass is 387 g/mol. The highest BCUT2D eigenvalue weighted by Gasteiger charge is 2.37. The second-order valence-electron chi connectivity index (χ2n) is 6.07. The smallest absolute Gasteiger partial charge is 0.414 e. The number of thiocarbonyl (C=S) groups is 1. The van der Waals surface area contributed by atoms with Crippen molar-refractivity contribution in [2.24, 2.45) is 0 Å². The molecule has 0 radical (unpaired) electrons. The lowest BCUT2D eigenvalue weighted by atomic mass is 10.00. The van der Waals surface area contributed by atoms with E-state index in [1.165, 1.54) is 11.0 Å². The Bertz CT molecular complexity index is 703. The number of benzene rings is 1. The van der Waals surface area contributed by atoms with E-state index in [2.05, 4.69) is 5.32 Å². The van der Waals surface area contributed by atoms with E-state index >= 15 is 0 Å². The van der Waals surface area contributed by atoms with E-state index in [1.807, 2.05) is 0 Å². The van der Waals surface area contributed by atoms with Gasteiger partial charge < -0.3 is 15.3 Å². The molecule has 3 rings (SSSR count). The van der Waals surface area contributed by atoms with Crippen molar-refractivity contribution in [3.05, 3.63) is 34.8 Å². The van der Waals surface area contributed by atoms with Crippen LogP contribution in [0, 0.1) is 11.0 Å². The van der Waals surface area contributed by atoms with Crippen LogP contribution in [0.25, 0.3) is 0 Å². The number of carbonyl (C=O) groups excluding carboxylic acids is 1. The standard InChI is InChI=1S/C15H18FN3O4S2/c1-9(24)17-5-12-6-18(15(20)23-12)11-2-3-13(14(16)4-11)10-7-19(21,22)25-8-10/h2-4,10,12,21H,5-8H2,1H3,(H,17,24)/t10?,12-/m0/s1. The molecule has 2 N–H and O–H groups in total. The fourth-order valence-electron chi connectivity index (χ4n) is 2.89. The fraction of sp³-hybridized carbons (Fsp3) is 0.467. The van der Waals surface area contributed by atoms with Crippen LogP contribution in [0.3, 0.4) is 0 Å². The van der Waals surface area contributed by atoms with Crippen molar-refractivity contribution in [2.45, 2.75) is 18.9 Å². The number of halogens is 1. The SMILES string of the molecule is CC(=S)NC[C@H]1CN(c2ccc(C3CS[N+]([O-])(O)C3)c(F)c2)C(=O)O1. The van der Waals surface area contributed by atoms with Crippen LogP contribution in [0.15, 0.2) is 18.2 Å². The second-order valence-corrected chi connectivity index (χ2v) is 7.85. The molecule has 2 unspecified atom stereocenters. The van der Waals surface area contributed by atoms with Crippen LogP contribution in [-0.4, -0.2) is 52.0 Å². The molecule has 1 amide bonds. The van der Waals surface area contributed by atoms with E-state index in [9.17, 15) is 19.6 Å². The molecule has 10 heteroatoms. The molecular weight excluding hydrogens is 369 g/mol. The summed E-state index contributed by atoms with van der Waals surface area (Å²) < 4.78 is 18.3. The maximum Gasteiger partial charge on any atom is 0.414 e. The maximum absolute atomic E-state index is 14.5. The second kappa shape index (κ2) is 7.04. The van der Waals surface area contributed by atoms with Gasteiger partial charge in [0.15, 0.2) is 0 Å². The van der Waals surface area contributed by atoms with Crippen LogP contribution in [0.4, 0.5) is 14.9 Å². The first kappa shape index (κ1) is 18.3. The first-order valence-corrected chi connectivity index (χ1v) is 9.08. The molecule has 0 bridgehead atoms.